The lowest BCUT2D eigenvalue weighted by atomic mass is 10.0. The summed E-state index contributed by atoms with van der Waals surface area (Å²) in [5.74, 6) is 0.803. The van der Waals surface area contributed by atoms with Gasteiger partial charge in [-0.3, -0.25) is 5.41 Å². The van der Waals surface area contributed by atoms with Gasteiger partial charge in [0.1, 0.15) is 10.8 Å². The Balaban J connectivity index is 1.98. The molecule has 1 aliphatic carbocycles. The van der Waals surface area contributed by atoms with Crippen LogP contribution >= 0.6 is 23.2 Å². The molecule has 5 heteroatoms. The van der Waals surface area contributed by atoms with E-state index in [4.69, 9.17) is 39.1 Å². The minimum atomic E-state index is 0.0392. The summed E-state index contributed by atoms with van der Waals surface area (Å²) in [5, 5.41) is 8.25. The topological polar surface area (TPSA) is 59.1 Å². The zero-order chi connectivity index (χ0) is 12.5. The van der Waals surface area contributed by atoms with Crippen molar-refractivity contribution in [3.05, 3.63) is 28.2 Å². The van der Waals surface area contributed by atoms with E-state index in [1.165, 1.54) is 0 Å². The lowest BCUT2D eigenvalue weighted by Crippen LogP contribution is -2.21. The third-order valence-electron chi connectivity index (χ3n) is 2.97. The molecule has 0 unspecified atom stereocenters. The molecule has 3 nitrogen and oxygen atoms in total. The molecular weight excluding hydrogens is 259 g/mol. The average Bonchev–Trinajstić information content (AvgIpc) is 3.00. The maximum Gasteiger partial charge on any atom is 0.139 e. The molecule has 92 valence electrons. The number of ether oxygens (including phenoxy) is 1. The van der Waals surface area contributed by atoms with Crippen LogP contribution < -0.4 is 10.5 Å². The molecule has 0 amide bonds. The van der Waals surface area contributed by atoms with Gasteiger partial charge in [-0.2, -0.15) is 0 Å². The van der Waals surface area contributed by atoms with Gasteiger partial charge >= 0.3 is 0 Å². The Bertz CT molecular complexity index is 444. The largest absolute Gasteiger partial charge is 0.491 e. The van der Waals surface area contributed by atoms with E-state index in [9.17, 15) is 0 Å². The van der Waals surface area contributed by atoms with Crippen molar-refractivity contribution in [2.75, 3.05) is 6.61 Å². The molecule has 1 aliphatic rings. The van der Waals surface area contributed by atoms with E-state index in [-0.39, 0.29) is 11.3 Å². The minimum absolute atomic E-state index is 0.0392. The van der Waals surface area contributed by atoms with Crippen molar-refractivity contribution in [3.63, 3.8) is 0 Å². The summed E-state index contributed by atoms with van der Waals surface area (Å²) in [7, 11) is 0. The number of nitrogens with one attached hydrogen (secondary N) is 1. The number of hydrogen-bond acceptors (Lipinski definition) is 2. The molecule has 0 atom stereocenters. The van der Waals surface area contributed by atoms with Gasteiger partial charge < -0.3 is 10.5 Å². The first-order chi connectivity index (χ1) is 8.02. The summed E-state index contributed by atoms with van der Waals surface area (Å²) in [5.41, 5.74) is 5.46. The summed E-state index contributed by atoms with van der Waals surface area (Å²) in [6.45, 7) is 0.534. The van der Waals surface area contributed by atoms with Crippen molar-refractivity contribution >= 4 is 29.0 Å². The van der Waals surface area contributed by atoms with Gasteiger partial charge in [0.2, 0.25) is 0 Å². The predicted octanol–water partition coefficient (Wildman–Crippen LogP) is 3.48. The third kappa shape index (κ3) is 3.05. The highest BCUT2D eigenvalue weighted by Crippen LogP contribution is 2.49. The van der Waals surface area contributed by atoms with Crippen LogP contribution in [-0.2, 0) is 0 Å². The third-order valence-corrected chi connectivity index (χ3v) is 3.77. The fraction of sp³-hybridized carbons (Fsp3) is 0.417. The van der Waals surface area contributed by atoms with Crippen molar-refractivity contribution in [1.82, 2.24) is 0 Å². The van der Waals surface area contributed by atoms with Gasteiger partial charge in [-0.1, -0.05) is 29.3 Å². The molecule has 17 heavy (non-hydrogen) atoms. The van der Waals surface area contributed by atoms with Crippen molar-refractivity contribution in [2.24, 2.45) is 11.1 Å². The number of halogens is 2. The molecule has 1 aromatic rings. The molecular formula is C12H14Cl2N2O. The summed E-state index contributed by atoms with van der Waals surface area (Å²) in [6, 6.07) is 5.31. The molecule has 0 heterocycles. The van der Waals surface area contributed by atoms with E-state index in [0.717, 1.165) is 12.8 Å². The van der Waals surface area contributed by atoms with Crippen LogP contribution in [0.3, 0.4) is 0 Å². The van der Waals surface area contributed by atoms with E-state index >= 15 is 0 Å². The first kappa shape index (κ1) is 12.5. The molecule has 1 fully saturated rings. The quantitative estimate of drug-likeness (QED) is 0.637. The molecule has 3 N–H and O–H groups in total. The van der Waals surface area contributed by atoms with Gasteiger partial charge in [-0.15, -0.1) is 0 Å². The summed E-state index contributed by atoms with van der Waals surface area (Å²) >= 11 is 11.9. The van der Waals surface area contributed by atoms with Gasteiger partial charge in [-0.05, 0) is 25.0 Å². The molecule has 0 saturated heterocycles. The lowest BCUT2D eigenvalue weighted by molar-refractivity contribution is 0.238. The first-order valence-corrected chi connectivity index (χ1v) is 6.18. The van der Waals surface area contributed by atoms with Gasteiger partial charge in [0, 0.05) is 11.8 Å². The van der Waals surface area contributed by atoms with Crippen molar-refractivity contribution < 1.29 is 4.74 Å². The van der Waals surface area contributed by atoms with Gasteiger partial charge in [0.05, 0.1) is 17.5 Å². The highest BCUT2D eigenvalue weighted by atomic mass is 35.5. The zero-order valence-electron chi connectivity index (χ0n) is 9.30. The normalized spacial score (nSPS) is 16.6. The van der Waals surface area contributed by atoms with Crippen molar-refractivity contribution in [2.45, 2.75) is 19.3 Å². The second-order valence-corrected chi connectivity index (χ2v) is 5.33. The van der Waals surface area contributed by atoms with Gasteiger partial charge in [-0.25, -0.2) is 0 Å². The highest BCUT2D eigenvalue weighted by Gasteiger charge is 2.44. The number of nitrogens with two attached hydrogens (primary N) is 1. The number of benzene rings is 1. The second kappa shape index (κ2) is 4.75. The maximum absolute atomic E-state index is 7.32. The Morgan fingerprint density at radius 1 is 1.41 bits per heavy atom. The predicted molar refractivity (Wildman–Crippen MR) is 70.2 cm³/mol. The number of amidine groups is 1. The summed E-state index contributed by atoms with van der Waals surface area (Å²) < 4.78 is 5.68. The SMILES string of the molecule is N=C(N)CC1(COc2cccc(Cl)c2Cl)CC1. The fourth-order valence-electron chi connectivity index (χ4n) is 1.78. The standard InChI is InChI=1S/C12H14Cl2N2O/c13-8-2-1-3-9(11(8)14)17-7-12(4-5-12)6-10(15)16/h1-3H,4-7H2,(H3,15,16). The highest BCUT2D eigenvalue weighted by molar-refractivity contribution is 6.42. The average molecular weight is 273 g/mol. The maximum atomic E-state index is 7.32. The Hall–Kier alpha value is -0.930. The number of hydrogen-bond donors (Lipinski definition) is 2. The molecule has 2 rings (SSSR count). The van der Waals surface area contributed by atoms with Crippen molar-refractivity contribution in [1.29, 1.82) is 5.41 Å². The first-order valence-electron chi connectivity index (χ1n) is 5.42. The molecule has 1 aromatic carbocycles. The van der Waals surface area contributed by atoms with E-state index in [2.05, 4.69) is 0 Å². The zero-order valence-corrected chi connectivity index (χ0v) is 10.8. The van der Waals surface area contributed by atoms with Crippen LogP contribution in [0.15, 0.2) is 18.2 Å². The van der Waals surface area contributed by atoms with Crippen LogP contribution in [0.4, 0.5) is 0 Å². The van der Waals surface area contributed by atoms with Crippen LogP contribution in [0.25, 0.3) is 0 Å². The molecule has 1 saturated carbocycles. The Labute approximate surface area is 110 Å². The Kier molecular flexibility index (Phi) is 3.50. The molecule has 0 bridgehead atoms. The smallest absolute Gasteiger partial charge is 0.139 e. The molecule has 0 aromatic heterocycles. The monoisotopic (exact) mass is 272 g/mol. The Morgan fingerprint density at radius 2 is 2.12 bits per heavy atom. The van der Waals surface area contributed by atoms with Crippen molar-refractivity contribution in [3.8, 4) is 5.75 Å². The van der Waals surface area contributed by atoms with Gasteiger partial charge in [0.25, 0.3) is 0 Å². The molecule has 0 spiro atoms. The minimum Gasteiger partial charge on any atom is -0.491 e. The van der Waals surface area contributed by atoms with E-state index in [1.807, 2.05) is 0 Å². The van der Waals surface area contributed by atoms with Crippen LogP contribution in [-0.4, -0.2) is 12.4 Å². The summed E-state index contributed by atoms with van der Waals surface area (Å²) in [4.78, 5) is 0. The van der Waals surface area contributed by atoms with E-state index in [0.29, 0.717) is 28.8 Å². The molecule has 0 radical (unpaired) electrons. The van der Waals surface area contributed by atoms with Gasteiger partial charge in [0.15, 0.2) is 0 Å². The second-order valence-electron chi connectivity index (χ2n) is 4.54. The van der Waals surface area contributed by atoms with Crippen LogP contribution in [0.5, 0.6) is 5.75 Å². The van der Waals surface area contributed by atoms with Crippen LogP contribution in [0.1, 0.15) is 19.3 Å². The number of rotatable bonds is 5. The van der Waals surface area contributed by atoms with Crippen LogP contribution in [0, 0.1) is 10.8 Å². The Morgan fingerprint density at radius 3 is 2.71 bits per heavy atom. The van der Waals surface area contributed by atoms with E-state index < -0.39 is 0 Å². The van der Waals surface area contributed by atoms with E-state index in [1.54, 1.807) is 18.2 Å². The fourth-order valence-corrected chi connectivity index (χ4v) is 2.13. The summed E-state index contributed by atoms with van der Waals surface area (Å²) in [6.07, 6.45) is 2.68. The molecule has 0 aliphatic heterocycles. The van der Waals surface area contributed by atoms with Crippen LogP contribution in [0.2, 0.25) is 10.0 Å². The lowest BCUT2D eigenvalue weighted by Gasteiger charge is -2.16.